The Bertz CT molecular complexity index is 4330. The quantitative estimate of drug-likeness (QED) is 0.155. The van der Waals surface area contributed by atoms with Crippen molar-refractivity contribution in [1.29, 1.82) is 0 Å². The Labute approximate surface area is 397 Å². The fraction of sp³-hybridized carbons (Fsp3) is 0.118. The third kappa shape index (κ3) is 5.49. The summed E-state index contributed by atoms with van der Waals surface area (Å²) in [6.45, 7) is 13.8. The van der Waals surface area contributed by atoms with Gasteiger partial charge >= 0.3 is 0 Å². The molecular weight excluding hydrogens is 817 g/mol. The number of fused-ring (bicyclic) bond motifs is 7. The highest BCUT2D eigenvalue weighted by molar-refractivity contribution is 6.46. The largest absolute Gasteiger partial charge is 0.0622 e. The molecule has 68 heavy (non-hydrogen) atoms. The molecule has 0 nitrogen and oxygen atoms in total. The number of hydrogen-bond donors (Lipinski definition) is 0. The lowest BCUT2D eigenvalue weighted by Crippen LogP contribution is -2.11. The molecule has 14 aromatic carbocycles. The molecule has 0 aliphatic carbocycles. The summed E-state index contributed by atoms with van der Waals surface area (Å²) in [5, 5.41) is 23.8. The van der Waals surface area contributed by atoms with Crippen LogP contribution < -0.4 is 0 Å². The van der Waals surface area contributed by atoms with Crippen LogP contribution in [0.15, 0.2) is 194 Å². The average Bonchev–Trinajstić information content (AvgIpc) is 3.85. The first-order valence-corrected chi connectivity index (χ1v) is 24.3. The van der Waals surface area contributed by atoms with Gasteiger partial charge in [0.1, 0.15) is 0 Å². The zero-order valence-corrected chi connectivity index (χ0v) is 39.5. The first-order chi connectivity index (χ1) is 33.0. The number of benzene rings is 12. The standard InChI is InChI=1S/C68H50/c1-67(2,3)45-28-25-39(26-29-45)47-32-30-46(68(4,5)6)36-53(47)48-33-34-51-55-38-57-56(37-54(55)50-22-14-21-49(48)63(50)51)60(40-15-9-7-10-16-40)65-52-31-27-43-24-23-42-19-13-20-44-35-58(64(52)62(43)59(42)44)66(65)61(57)41-17-11-8-12-18-41/h7-38H,1-6H3. The molecule has 0 aromatic heterocycles. The summed E-state index contributed by atoms with van der Waals surface area (Å²) in [5.74, 6) is 0. The summed E-state index contributed by atoms with van der Waals surface area (Å²) in [6, 6.07) is 74.6. The van der Waals surface area contributed by atoms with E-state index in [0.29, 0.717) is 0 Å². The normalized spacial score (nSPS) is 12.9. The van der Waals surface area contributed by atoms with Gasteiger partial charge in [0.15, 0.2) is 0 Å². The molecular formula is C68H50. The molecule has 0 fully saturated rings. The maximum Gasteiger partial charge on any atom is -0.000719 e. The van der Waals surface area contributed by atoms with Crippen molar-refractivity contribution < 1.29 is 0 Å². The molecule has 0 amide bonds. The Morgan fingerprint density at radius 2 is 0.765 bits per heavy atom. The molecule has 14 aromatic rings. The summed E-state index contributed by atoms with van der Waals surface area (Å²) >= 11 is 0. The van der Waals surface area contributed by atoms with Crippen LogP contribution in [-0.2, 0) is 10.8 Å². The average molecular weight is 867 g/mol. The van der Waals surface area contributed by atoms with E-state index in [9.17, 15) is 0 Å². The van der Waals surface area contributed by atoms with Crippen LogP contribution in [0.25, 0.3) is 141 Å². The molecule has 0 saturated heterocycles. The van der Waals surface area contributed by atoms with Crippen molar-refractivity contribution in [2.45, 2.75) is 52.4 Å². The van der Waals surface area contributed by atoms with Crippen molar-refractivity contribution in [2.75, 3.05) is 0 Å². The van der Waals surface area contributed by atoms with Crippen molar-refractivity contribution >= 4 is 97.0 Å². The van der Waals surface area contributed by atoms with Crippen molar-refractivity contribution in [1.82, 2.24) is 0 Å². The lowest BCUT2D eigenvalue weighted by Gasteiger charge is -2.23. The fourth-order valence-corrected chi connectivity index (χ4v) is 12.3. The van der Waals surface area contributed by atoms with Crippen molar-refractivity contribution in [3.63, 3.8) is 0 Å². The van der Waals surface area contributed by atoms with Gasteiger partial charge in [0, 0.05) is 0 Å². The summed E-state index contributed by atoms with van der Waals surface area (Å²) in [6.07, 6.45) is 0. The van der Waals surface area contributed by atoms with Gasteiger partial charge in [-0.15, -0.1) is 0 Å². The highest BCUT2D eigenvalue weighted by atomic mass is 14.3. The third-order valence-electron chi connectivity index (χ3n) is 15.6. The van der Waals surface area contributed by atoms with E-state index in [1.165, 1.54) is 153 Å². The smallest absolute Gasteiger partial charge is 0.000719 e. The molecule has 0 N–H and O–H groups in total. The van der Waals surface area contributed by atoms with Crippen molar-refractivity contribution in [2.24, 2.45) is 0 Å². The van der Waals surface area contributed by atoms with Gasteiger partial charge in [-0.2, -0.15) is 0 Å². The molecule has 0 heterocycles. The van der Waals surface area contributed by atoms with Gasteiger partial charge in [0.05, 0.1) is 0 Å². The molecule has 0 unspecified atom stereocenters. The lowest BCUT2D eigenvalue weighted by atomic mass is 9.81. The summed E-state index contributed by atoms with van der Waals surface area (Å²) in [7, 11) is 0. The summed E-state index contributed by atoms with van der Waals surface area (Å²) in [4.78, 5) is 0. The van der Waals surface area contributed by atoms with E-state index >= 15 is 0 Å². The van der Waals surface area contributed by atoms with Crippen molar-refractivity contribution in [3.05, 3.63) is 205 Å². The van der Waals surface area contributed by atoms with E-state index < -0.39 is 0 Å². The minimum Gasteiger partial charge on any atom is -0.0622 e. The second kappa shape index (κ2) is 13.9. The Morgan fingerprint density at radius 3 is 1.43 bits per heavy atom. The van der Waals surface area contributed by atoms with Crippen LogP contribution >= 0.6 is 0 Å². The van der Waals surface area contributed by atoms with Gasteiger partial charge in [0.2, 0.25) is 0 Å². The van der Waals surface area contributed by atoms with E-state index in [1.807, 2.05) is 0 Å². The molecule has 322 valence electrons. The van der Waals surface area contributed by atoms with Crippen LogP contribution in [0, 0.1) is 0 Å². The summed E-state index contributed by atoms with van der Waals surface area (Å²) in [5.41, 5.74) is 13.0. The maximum absolute atomic E-state index is 2.56. The highest BCUT2D eigenvalue weighted by Gasteiger charge is 2.27. The Kier molecular flexibility index (Phi) is 8.04. The zero-order valence-electron chi connectivity index (χ0n) is 39.5. The zero-order chi connectivity index (χ0) is 45.8. The molecule has 0 atom stereocenters. The topological polar surface area (TPSA) is 0 Å². The van der Waals surface area contributed by atoms with E-state index in [1.54, 1.807) is 0 Å². The van der Waals surface area contributed by atoms with E-state index in [0.717, 1.165) is 0 Å². The predicted octanol–water partition coefficient (Wildman–Crippen LogP) is 19.6. The Hall–Kier alpha value is -7.80. The molecule has 0 bridgehead atoms. The van der Waals surface area contributed by atoms with Gasteiger partial charge in [-0.1, -0.05) is 211 Å². The third-order valence-corrected chi connectivity index (χ3v) is 15.6. The van der Waals surface area contributed by atoms with Gasteiger partial charge in [-0.3, -0.25) is 0 Å². The van der Waals surface area contributed by atoms with Crippen LogP contribution in [0.2, 0.25) is 0 Å². The SMILES string of the molecule is CC(C)(C)c1ccc(-c2ccc(C(C)(C)C)cc2-c2ccc3c4cc5c(-c6ccccc6)c6c7cc8cccc9ccc%10ccc(c6c(-c6ccccc6)c5cc4c4cccc2c43)c7c%10c98)cc1. The highest BCUT2D eigenvalue weighted by Crippen LogP contribution is 2.55. The number of hydrogen-bond acceptors (Lipinski definition) is 0. The Morgan fingerprint density at radius 1 is 0.235 bits per heavy atom. The molecule has 0 aliphatic heterocycles. The first kappa shape index (κ1) is 39.4. The van der Waals surface area contributed by atoms with Crippen LogP contribution in [-0.4, -0.2) is 0 Å². The van der Waals surface area contributed by atoms with Crippen LogP contribution in [0.5, 0.6) is 0 Å². The fourth-order valence-electron chi connectivity index (χ4n) is 12.3. The predicted molar refractivity (Wildman–Crippen MR) is 297 cm³/mol. The second-order valence-electron chi connectivity index (χ2n) is 21.6. The van der Waals surface area contributed by atoms with Gasteiger partial charge in [-0.25, -0.2) is 0 Å². The van der Waals surface area contributed by atoms with E-state index in [4.69, 9.17) is 0 Å². The van der Waals surface area contributed by atoms with E-state index in [-0.39, 0.29) is 10.8 Å². The summed E-state index contributed by atoms with van der Waals surface area (Å²) < 4.78 is 0. The molecule has 0 spiro atoms. The number of rotatable bonds is 4. The minimum atomic E-state index is -0.00130. The first-order valence-electron chi connectivity index (χ1n) is 24.3. The van der Waals surface area contributed by atoms with Crippen LogP contribution in [0.4, 0.5) is 0 Å². The Balaban J connectivity index is 1.13. The monoisotopic (exact) mass is 866 g/mol. The second-order valence-corrected chi connectivity index (χ2v) is 21.6. The van der Waals surface area contributed by atoms with E-state index in [2.05, 4.69) is 236 Å². The van der Waals surface area contributed by atoms with Gasteiger partial charge in [-0.05, 0) is 188 Å². The molecule has 14 rings (SSSR count). The van der Waals surface area contributed by atoms with Crippen LogP contribution in [0.3, 0.4) is 0 Å². The van der Waals surface area contributed by atoms with Crippen LogP contribution in [0.1, 0.15) is 52.7 Å². The van der Waals surface area contributed by atoms with Crippen molar-refractivity contribution in [3.8, 4) is 44.5 Å². The molecule has 0 heteroatoms. The van der Waals surface area contributed by atoms with Gasteiger partial charge < -0.3 is 0 Å². The molecule has 0 aliphatic rings. The molecule has 0 saturated carbocycles. The minimum absolute atomic E-state index is 0.00130. The lowest BCUT2D eigenvalue weighted by molar-refractivity contribution is 0.590. The molecule has 0 radical (unpaired) electrons. The van der Waals surface area contributed by atoms with Gasteiger partial charge in [0.25, 0.3) is 0 Å². The maximum atomic E-state index is 2.56.